The number of sulfonamides is 1. The molecule has 1 aliphatic heterocycles. The van der Waals surface area contributed by atoms with E-state index < -0.39 is 34.0 Å². The monoisotopic (exact) mass is 704 g/mol. The van der Waals surface area contributed by atoms with Gasteiger partial charge in [-0.05, 0) is 54.9 Å². The summed E-state index contributed by atoms with van der Waals surface area (Å²) < 4.78 is 44.7. The molecule has 5 N–H and O–H groups in total. The van der Waals surface area contributed by atoms with Crippen LogP contribution in [0.2, 0.25) is 10.0 Å². The molecule has 16 heteroatoms. The van der Waals surface area contributed by atoms with Crippen molar-refractivity contribution in [1.29, 1.82) is 0 Å². The highest BCUT2D eigenvalue weighted by Crippen LogP contribution is 2.38. The van der Waals surface area contributed by atoms with Gasteiger partial charge in [0.2, 0.25) is 10.0 Å². The molecule has 0 saturated carbocycles. The summed E-state index contributed by atoms with van der Waals surface area (Å²) in [5.41, 5.74) is 2.83. The van der Waals surface area contributed by atoms with E-state index in [1.165, 1.54) is 0 Å². The van der Waals surface area contributed by atoms with E-state index >= 15 is 0 Å². The van der Waals surface area contributed by atoms with Crippen LogP contribution in [0.3, 0.4) is 0 Å². The van der Waals surface area contributed by atoms with Crippen molar-refractivity contribution >= 4 is 45.0 Å². The second kappa shape index (κ2) is 18.8. The molecule has 2 aromatic carbocycles. The maximum Gasteiger partial charge on any atom is 0.252 e. The lowest BCUT2D eigenvalue weighted by molar-refractivity contribution is -0.146. The van der Waals surface area contributed by atoms with E-state index in [2.05, 4.69) is 20.3 Å². The Kier molecular flexibility index (Phi) is 15.6. The average Bonchev–Trinajstić information content (AvgIpc) is 3.02. The third kappa shape index (κ3) is 11.4. The van der Waals surface area contributed by atoms with Crippen molar-refractivity contribution in [2.45, 2.75) is 36.5 Å². The van der Waals surface area contributed by atoms with E-state index in [4.69, 9.17) is 37.4 Å². The minimum absolute atomic E-state index is 0.0664. The highest BCUT2D eigenvalue weighted by atomic mass is 35.5. The maximum absolute atomic E-state index is 13.0. The molecule has 46 heavy (non-hydrogen) atoms. The molecule has 2 amide bonds. The van der Waals surface area contributed by atoms with Crippen molar-refractivity contribution in [2.24, 2.45) is 0 Å². The smallest absolute Gasteiger partial charge is 0.252 e. The van der Waals surface area contributed by atoms with E-state index in [0.29, 0.717) is 23.1 Å². The lowest BCUT2D eigenvalue weighted by Gasteiger charge is -2.33. The van der Waals surface area contributed by atoms with Gasteiger partial charge >= 0.3 is 0 Å². The number of benzene rings is 2. The molecule has 3 atom stereocenters. The molecule has 2 aromatic rings. The summed E-state index contributed by atoms with van der Waals surface area (Å²) in [6.07, 6.45) is -3.74. The Balaban J connectivity index is 1.30. The Hall–Kier alpha value is -2.37. The number of carbonyl (C=O) groups is 2. The number of nitrogens with one attached hydrogen (secondary N) is 3. The molecular formula is C30H42Cl2N4O9S. The van der Waals surface area contributed by atoms with Crippen molar-refractivity contribution < 1.29 is 42.4 Å². The van der Waals surface area contributed by atoms with E-state index in [9.17, 15) is 28.2 Å². The SMILES string of the molecule is CCNC(=O)[C@H](O)[C@@H](O)C(=O)NCCOCCOCCOCCNS(=O)(=O)c1cccc([C@@H]2CN(C)Cc3c(Cl)cc(Cl)cc32)c1. The number of fused-ring (bicyclic) bond motifs is 1. The molecule has 0 bridgehead atoms. The third-order valence-electron chi connectivity index (χ3n) is 7.08. The predicted octanol–water partition coefficient (Wildman–Crippen LogP) is 0.873. The van der Waals surface area contributed by atoms with Crippen molar-refractivity contribution in [3.8, 4) is 0 Å². The summed E-state index contributed by atoms with van der Waals surface area (Å²) in [6.45, 7) is 4.72. The van der Waals surface area contributed by atoms with Crippen LogP contribution in [0.15, 0.2) is 41.3 Å². The fraction of sp³-hybridized carbons (Fsp3) is 0.533. The maximum atomic E-state index is 13.0. The highest BCUT2D eigenvalue weighted by molar-refractivity contribution is 7.89. The van der Waals surface area contributed by atoms with Gasteiger partial charge in [-0.25, -0.2) is 13.1 Å². The van der Waals surface area contributed by atoms with E-state index in [1.807, 2.05) is 19.2 Å². The zero-order chi connectivity index (χ0) is 33.7. The number of likely N-dealkylation sites (N-methyl/N-ethyl adjacent to an activating group) is 2. The normalized spacial score (nSPS) is 16.4. The summed E-state index contributed by atoms with van der Waals surface area (Å²) in [7, 11) is -1.78. The molecule has 0 saturated heterocycles. The quantitative estimate of drug-likeness (QED) is 0.132. The molecule has 0 fully saturated rings. The summed E-state index contributed by atoms with van der Waals surface area (Å²) in [4.78, 5) is 25.6. The van der Waals surface area contributed by atoms with Gasteiger partial charge in [0.15, 0.2) is 12.2 Å². The lowest BCUT2D eigenvalue weighted by Crippen LogP contribution is -2.49. The Morgan fingerprint density at radius 2 is 1.54 bits per heavy atom. The van der Waals surface area contributed by atoms with Crippen LogP contribution >= 0.6 is 23.2 Å². The van der Waals surface area contributed by atoms with Gasteiger partial charge in [-0.2, -0.15) is 0 Å². The topological polar surface area (TPSA) is 176 Å². The van der Waals surface area contributed by atoms with Crippen molar-refractivity contribution in [3.05, 3.63) is 63.1 Å². The number of amides is 2. The minimum Gasteiger partial charge on any atom is -0.380 e. The van der Waals surface area contributed by atoms with Gasteiger partial charge in [0, 0.05) is 48.7 Å². The zero-order valence-electron chi connectivity index (χ0n) is 25.8. The molecule has 0 unspecified atom stereocenters. The van der Waals surface area contributed by atoms with Crippen LogP contribution in [0.25, 0.3) is 0 Å². The first kappa shape index (κ1) is 38.1. The second-order valence-corrected chi connectivity index (χ2v) is 13.2. The number of nitrogens with zero attached hydrogens (tertiary/aromatic N) is 1. The zero-order valence-corrected chi connectivity index (χ0v) is 28.2. The van der Waals surface area contributed by atoms with Gasteiger partial charge in [0.25, 0.3) is 11.8 Å². The number of hydrogen-bond donors (Lipinski definition) is 5. The molecular weight excluding hydrogens is 663 g/mol. The highest BCUT2D eigenvalue weighted by Gasteiger charge is 2.30. The van der Waals surface area contributed by atoms with Crippen LogP contribution in [-0.4, -0.2) is 120 Å². The molecule has 13 nitrogen and oxygen atoms in total. The summed E-state index contributed by atoms with van der Waals surface area (Å²) in [5, 5.41) is 25.2. The molecule has 0 spiro atoms. The van der Waals surface area contributed by atoms with E-state index in [1.54, 1.807) is 31.2 Å². The van der Waals surface area contributed by atoms with Gasteiger partial charge in [0.05, 0.1) is 44.5 Å². The molecule has 0 radical (unpaired) electrons. The minimum atomic E-state index is -3.78. The first-order valence-corrected chi connectivity index (χ1v) is 17.1. The first-order valence-electron chi connectivity index (χ1n) is 14.8. The van der Waals surface area contributed by atoms with Crippen molar-refractivity contribution in [1.82, 2.24) is 20.3 Å². The largest absolute Gasteiger partial charge is 0.380 e. The number of rotatable bonds is 19. The fourth-order valence-electron chi connectivity index (χ4n) is 4.82. The number of halogens is 2. The average molecular weight is 706 g/mol. The molecule has 3 rings (SSSR count). The molecule has 0 aromatic heterocycles. The number of aliphatic hydroxyl groups excluding tert-OH is 2. The summed E-state index contributed by atoms with van der Waals surface area (Å²) in [6, 6.07) is 10.5. The lowest BCUT2D eigenvalue weighted by atomic mass is 9.85. The Morgan fingerprint density at radius 1 is 0.935 bits per heavy atom. The molecule has 256 valence electrons. The third-order valence-corrected chi connectivity index (χ3v) is 9.09. The fourth-order valence-corrected chi connectivity index (χ4v) is 6.46. The van der Waals surface area contributed by atoms with Gasteiger partial charge < -0.3 is 40.0 Å². The van der Waals surface area contributed by atoms with Crippen LogP contribution in [0.5, 0.6) is 0 Å². The van der Waals surface area contributed by atoms with Gasteiger partial charge in [-0.1, -0.05) is 35.3 Å². The number of aliphatic hydroxyl groups is 2. The Morgan fingerprint density at radius 3 is 2.20 bits per heavy atom. The molecule has 1 aliphatic rings. The number of ether oxygens (including phenoxy) is 3. The van der Waals surface area contributed by atoms with E-state index in [-0.39, 0.29) is 70.1 Å². The predicted molar refractivity (Wildman–Crippen MR) is 172 cm³/mol. The standard InChI is InChI=1S/C30H42Cl2N4O9S/c1-3-33-29(39)27(37)28(38)30(40)34-7-9-43-11-13-45-14-12-44-10-8-35-46(41,42)22-6-4-5-20(15-22)24-18-36(2)19-25-23(24)16-21(31)17-26(25)32/h4-6,15-17,24,27-28,35,37-38H,3,7-14,18-19H2,1-2H3,(H,33,39)(H,34,40)/t24-,27+,28+/m0/s1. The summed E-state index contributed by atoms with van der Waals surface area (Å²) >= 11 is 12.8. The van der Waals surface area contributed by atoms with Crippen LogP contribution in [0.1, 0.15) is 29.5 Å². The number of hydrogen-bond acceptors (Lipinski definition) is 10. The van der Waals surface area contributed by atoms with Gasteiger partial charge in [-0.15, -0.1) is 0 Å². The first-order chi connectivity index (χ1) is 21.9. The van der Waals surface area contributed by atoms with Crippen molar-refractivity contribution in [2.75, 3.05) is 72.9 Å². The number of carbonyl (C=O) groups excluding carboxylic acids is 2. The van der Waals surface area contributed by atoms with Crippen molar-refractivity contribution in [3.63, 3.8) is 0 Å². The second-order valence-electron chi connectivity index (χ2n) is 10.6. The van der Waals surface area contributed by atoms with Gasteiger partial charge in [0.1, 0.15) is 0 Å². The van der Waals surface area contributed by atoms with Crippen LogP contribution in [-0.2, 0) is 40.4 Å². The molecule has 1 heterocycles. The van der Waals surface area contributed by atoms with Crippen LogP contribution in [0.4, 0.5) is 0 Å². The van der Waals surface area contributed by atoms with Crippen LogP contribution < -0.4 is 15.4 Å². The summed E-state index contributed by atoms with van der Waals surface area (Å²) in [5.74, 6) is -1.81. The Labute approximate surface area is 279 Å². The van der Waals surface area contributed by atoms with Crippen LogP contribution in [0, 0.1) is 0 Å². The molecule has 0 aliphatic carbocycles. The van der Waals surface area contributed by atoms with E-state index in [0.717, 1.165) is 16.7 Å². The van der Waals surface area contributed by atoms with Gasteiger partial charge in [-0.3, -0.25) is 9.59 Å². The Bertz CT molecular complexity index is 1420.